The summed E-state index contributed by atoms with van der Waals surface area (Å²) in [6.07, 6.45) is 1.26. The molecule has 2 rings (SSSR count). The number of hydroxylamine groups is 4. The van der Waals surface area contributed by atoms with Crippen LogP contribution < -0.4 is 0 Å². The van der Waals surface area contributed by atoms with Gasteiger partial charge in [-0.3, -0.25) is 14.5 Å². The molecular weight excluding hydrogens is 272 g/mol. The molecule has 9 heteroatoms. The lowest BCUT2D eigenvalue weighted by molar-refractivity contribution is -1.12. The fourth-order valence-corrected chi connectivity index (χ4v) is 1.81. The molecule has 1 saturated heterocycles. The van der Waals surface area contributed by atoms with Crippen LogP contribution in [0.4, 0.5) is 0 Å². The van der Waals surface area contributed by atoms with Gasteiger partial charge in [0, 0.05) is 18.7 Å². The molecule has 2 aliphatic heterocycles. The van der Waals surface area contributed by atoms with E-state index in [0.29, 0.717) is 0 Å². The van der Waals surface area contributed by atoms with Gasteiger partial charge in [-0.05, 0) is 0 Å². The van der Waals surface area contributed by atoms with Crippen molar-refractivity contribution < 1.29 is 38.8 Å². The number of imide groups is 2. The number of carbonyl (C=O) groups is 5. The molecule has 0 aromatic rings. The molecule has 0 bridgehead atoms. The largest absolute Gasteiger partial charge is 0.397 e. The zero-order chi connectivity index (χ0) is 14.9. The highest BCUT2D eigenvalue weighted by atomic mass is 17.0. The molecule has 4 amide bonds. The lowest BCUT2D eigenvalue weighted by Crippen LogP contribution is -2.50. The predicted octanol–water partition coefficient (Wildman–Crippen LogP) is -1.19. The highest BCUT2D eigenvalue weighted by molar-refractivity contribution is 6.13. The van der Waals surface area contributed by atoms with Crippen LogP contribution in [0.1, 0.15) is 19.3 Å². The third-order valence-electron chi connectivity index (χ3n) is 2.90. The lowest BCUT2D eigenvalue weighted by atomic mass is 10.4. The third-order valence-corrected chi connectivity index (χ3v) is 2.90. The maximum atomic E-state index is 11.5. The molecule has 0 unspecified atom stereocenters. The molecule has 0 aromatic carbocycles. The number of carbonyl (C=O) groups excluding carboxylic acids is 5. The molecular formula is C11H11N2O7+. The van der Waals surface area contributed by atoms with Gasteiger partial charge in [0.1, 0.15) is 4.81 Å². The molecule has 9 nitrogen and oxygen atoms in total. The van der Waals surface area contributed by atoms with Gasteiger partial charge >= 0.3 is 17.8 Å². The molecule has 0 saturated carbocycles. The standard InChI is InChI=1S/C11H11N2O7/c14-7-1-2-8(15)12(7)6-5-11(18)20-13(19)9(16)3-4-10(13)17/h1-2,19H,3-6H2/q+1. The second-order valence-corrected chi connectivity index (χ2v) is 4.24. The fourth-order valence-electron chi connectivity index (χ4n) is 1.81. The predicted molar refractivity (Wildman–Crippen MR) is 57.9 cm³/mol. The van der Waals surface area contributed by atoms with Gasteiger partial charge < -0.3 is 0 Å². The Labute approximate surface area is 112 Å². The van der Waals surface area contributed by atoms with E-state index in [2.05, 4.69) is 4.84 Å². The Hall–Kier alpha value is -2.39. The lowest BCUT2D eigenvalue weighted by Gasteiger charge is -2.17. The Morgan fingerprint density at radius 3 is 2.15 bits per heavy atom. The second kappa shape index (κ2) is 4.94. The highest BCUT2D eigenvalue weighted by Gasteiger charge is 2.55. The van der Waals surface area contributed by atoms with E-state index in [1.807, 2.05) is 0 Å². The van der Waals surface area contributed by atoms with Crippen molar-refractivity contribution in [1.29, 1.82) is 0 Å². The van der Waals surface area contributed by atoms with Crippen LogP contribution in [0, 0.1) is 0 Å². The smallest absolute Gasteiger partial charge is 0.275 e. The molecule has 0 aliphatic carbocycles. The average molecular weight is 283 g/mol. The van der Waals surface area contributed by atoms with Crippen molar-refractivity contribution in [2.24, 2.45) is 0 Å². The zero-order valence-electron chi connectivity index (χ0n) is 10.3. The Kier molecular flexibility index (Phi) is 3.47. The molecule has 20 heavy (non-hydrogen) atoms. The van der Waals surface area contributed by atoms with E-state index in [1.54, 1.807) is 0 Å². The number of hydrogen-bond donors (Lipinski definition) is 1. The minimum atomic E-state index is -2.00. The van der Waals surface area contributed by atoms with E-state index in [0.717, 1.165) is 17.1 Å². The quantitative estimate of drug-likeness (QED) is 0.391. The molecule has 0 aromatic heterocycles. The number of amides is 4. The van der Waals surface area contributed by atoms with E-state index in [-0.39, 0.29) is 19.4 Å². The third kappa shape index (κ3) is 2.36. The van der Waals surface area contributed by atoms with Gasteiger partial charge in [-0.1, -0.05) is 0 Å². The summed E-state index contributed by atoms with van der Waals surface area (Å²) in [5.41, 5.74) is 0. The van der Waals surface area contributed by atoms with Gasteiger partial charge in [0.25, 0.3) is 11.8 Å². The maximum absolute atomic E-state index is 11.5. The summed E-state index contributed by atoms with van der Waals surface area (Å²) in [5, 5.41) is 9.63. The van der Waals surface area contributed by atoms with Crippen LogP contribution in [-0.2, 0) is 28.8 Å². The topological polar surface area (TPSA) is 118 Å². The fraction of sp³-hybridized carbons (Fsp3) is 0.364. The van der Waals surface area contributed by atoms with Crippen LogP contribution in [0.3, 0.4) is 0 Å². The van der Waals surface area contributed by atoms with Crippen LogP contribution in [0.5, 0.6) is 0 Å². The van der Waals surface area contributed by atoms with Crippen molar-refractivity contribution in [1.82, 2.24) is 4.90 Å². The molecule has 1 N–H and O–H groups in total. The Balaban J connectivity index is 1.90. The summed E-state index contributed by atoms with van der Waals surface area (Å²) in [5.74, 6) is -4.06. The molecule has 0 atom stereocenters. The van der Waals surface area contributed by atoms with E-state index in [9.17, 15) is 29.2 Å². The average Bonchev–Trinajstić information content (AvgIpc) is 2.83. The Morgan fingerprint density at radius 1 is 1.15 bits per heavy atom. The van der Waals surface area contributed by atoms with Crippen molar-refractivity contribution in [2.75, 3.05) is 6.54 Å². The summed E-state index contributed by atoms with van der Waals surface area (Å²) < 4.78 is 0. The number of rotatable bonds is 4. The number of quaternary nitrogens is 1. The van der Waals surface area contributed by atoms with Crippen LogP contribution in [-0.4, -0.2) is 51.1 Å². The van der Waals surface area contributed by atoms with Gasteiger partial charge in [-0.25, -0.2) is 19.2 Å². The molecule has 2 heterocycles. The van der Waals surface area contributed by atoms with Crippen LogP contribution >= 0.6 is 0 Å². The number of hydrogen-bond acceptors (Lipinski definition) is 7. The molecule has 0 radical (unpaired) electrons. The van der Waals surface area contributed by atoms with Crippen LogP contribution in [0.15, 0.2) is 12.2 Å². The first-order valence-corrected chi connectivity index (χ1v) is 5.79. The SMILES string of the molecule is O=C(CCN1C(=O)C=CC1=O)O[N+]1(O)C(=O)CCC1=O. The molecule has 0 spiro atoms. The Bertz CT molecular complexity index is 517. The summed E-state index contributed by atoms with van der Waals surface area (Å²) in [6.45, 7) is -0.258. The molecule has 2 aliphatic rings. The molecule has 1 fully saturated rings. The minimum absolute atomic E-state index is 0.213. The van der Waals surface area contributed by atoms with Gasteiger partial charge in [0.15, 0.2) is 0 Å². The van der Waals surface area contributed by atoms with Gasteiger partial charge in [-0.2, -0.15) is 5.21 Å². The van der Waals surface area contributed by atoms with Gasteiger partial charge in [0.2, 0.25) is 0 Å². The summed E-state index contributed by atoms with van der Waals surface area (Å²) >= 11 is 0. The van der Waals surface area contributed by atoms with E-state index in [4.69, 9.17) is 0 Å². The van der Waals surface area contributed by atoms with Crippen LogP contribution in [0.25, 0.3) is 0 Å². The van der Waals surface area contributed by atoms with Gasteiger partial charge in [0.05, 0.1) is 19.3 Å². The Morgan fingerprint density at radius 2 is 1.65 bits per heavy atom. The van der Waals surface area contributed by atoms with Crippen LogP contribution in [0.2, 0.25) is 0 Å². The van der Waals surface area contributed by atoms with Crippen molar-refractivity contribution in [3.8, 4) is 0 Å². The first-order chi connectivity index (χ1) is 9.34. The first kappa shape index (κ1) is 14.0. The first-order valence-electron chi connectivity index (χ1n) is 5.79. The summed E-state index contributed by atoms with van der Waals surface area (Å²) in [6, 6.07) is 0. The monoisotopic (exact) mass is 283 g/mol. The summed E-state index contributed by atoms with van der Waals surface area (Å²) in [7, 11) is 0. The van der Waals surface area contributed by atoms with E-state index >= 15 is 0 Å². The van der Waals surface area contributed by atoms with Crippen molar-refractivity contribution in [3.63, 3.8) is 0 Å². The van der Waals surface area contributed by atoms with Gasteiger partial charge in [-0.15, -0.1) is 0 Å². The molecule has 106 valence electrons. The normalized spacial score (nSPS) is 20.9. The highest BCUT2D eigenvalue weighted by Crippen LogP contribution is 2.21. The minimum Gasteiger partial charge on any atom is -0.275 e. The number of nitrogens with zero attached hydrogens (tertiary/aromatic N) is 2. The van der Waals surface area contributed by atoms with E-state index in [1.165, 1.54) is 0 Å². The van der Waals surface area contributed by atoms with Crippen molar-refractivity contribution in [2.45, 2.75) is 19.3 Å². The second-order valence-electron chi connectivity index (χ2n) is 4.24. The van der Waals surface area contributed by atoms with Crippen molar-refractivity contribution in [3.05, 3.63) is 12.2 Å². The zero-order valence-corrected chi connectivity index (χ0v) is 10.3. The van der Waals surface area contributed by atoms with E-state index < -0.39 is 40.8 Å². The van der Waals surface area contributed by atoms with Crippen molar-refractivity contribution >= 4 is 29.6 Å². The summed E-state index contributed by atoms with van der Waals surface area (Å²) in [4.78, 5) is 59.8. The maximum Gasteiger partial charge on any atom is 0.397 e.